The van der Waals surface area contributed by atoms with Gasteiger partial charge in [0.05, 0.1) is 12.0 Å². The van der Waals surface area contributed by atoms with E-state index in [4.69, 9.17) is 5.11 Å². The standard InChI is InChI=1S/C13H22N2O4/c16-11-5-3-9(4-6-11)14-13(19)15-10-2-1-8(7-10)12(17)18/h8-11,16H,1-7H2,(H,17,18)(H2,14,15,19)/t8-,9?,10+,11?/m1/s1. The number of amides is 2. The lowest BCUT2D eigenvalue weighted by Crippen LogP contribution is -2.47. The van der Waals surface area contributed by atoms with E-state index in [0.29, 0.717) is 12.8 Å². The van der Waals surface area contributed by atoms with E-state index in [1.807, 2.05) is 0 Å². The Morgan fingerprint density at radius 1 is 0.895 bits per heavy atom. The summed E-state index contributed by atoms with van der Waals surface area (Å²) < 4.78 is 0. The van der Waals surface area contributed by atoms with Crippen molar-refractivity contribution in [2.24, 2.45) is 5.92 Å². The number of hydrogen-bond donors (Lipinski definition) is 4. The highest BCUT2D eigenvalue weighted by Crippen LogP contribution is 2.25. The average molecular weight is 270 g/mol. The molecule has 19 heavy (non-hydrogen) atoms. The number of carbonyl (C=O) groups is 2. The van der Waals surface area contributed by atoms with Crippen molar-refractivity contribution < 1.29 is 19.8 Å². The predicted octanol–water partition coefficient (Wildman–Crippen LogP) is 0.842. The zero-order valence-electron chi connectivity index (χ0n) is 11.0. The number of carbonyl (C=O) groups excluding carboxylic acids is 1. The number of hydrogen-bond acceptors (Lipinski definition) is 3. The molecule has 2 atom stereocenters. The first kappa shape index (κ1) is 14.1. The summed E-state index contributed by atoms with van der Waals surface area (Å²) in [6.45, 7) is 0. The van der Waals surface area contributed by atoms with E-state index in [-0.39, 0.29) is 30.1 Å². The molecule has 108 valence electrons. The van der Waals surface area contributed by atoms with Crippen molar-refractivity contribution in [2.75, 3.05) is 0 Å². The molecule has 0 aromatic rings. The molecule has 6 nitrogen and oxygen atoms in total. The topological polar surface area (TPSA) is 98.7 Å². The molecule has 2 rings (SSSR count). The molecule has 0 aromatic heterocycles. The number of urea groups is 1. The third kappa shape index (κ3) is 4.09. The second kappa shape index (κ2) is 6.23. The number of aliphatic hydroxyl groups is 1. The van der Waals surface area contributed by atoms with E-state index >= 15 is 0 Å². The fourth-order valence-electron chi connectivity index (χ4n) is 2.97. The molecule has 0 heterocycles. The largest absolute Gasteiger partial charge is 0.481 e. The minimum Gasteiger partial charge on any atom is -0.481 e. The zero-order valence-corrected chi connectivity index (χ0v) is 11.0. The van der Waals surface area contributed by atoms with E-state index in [9.17, 15) is 14.7 Å². The second-order valence-corrected chi connectivity index (χ2v) is 5.67. The van der Waals surface area contributed by atoms with Gasteiger partial charge >= 0.3 is 12.0 Å². The van der Waals surface area contributed by atoms with Gasteiger partial charge in [0.25, 0.3) is 0 Å². The Labute approximate surface area is 112 Å². The van der Waals surface area contributed by atoms with Crippen LogP contribution in [0.4, 0.5) is 4.79 Å². The molecule has 0 unspecified atom stereocenters. The molecular formula is C13H22N2O4. The van der Waals surface area contributed by atoms with Crippen LogP contribution in [-0.2, 0) is 4.79 Å². The molecule has 2 amide bonds. The van der Waals surface area contributed by atoms with Crippen LogP contribution in [0.3, 0.4) is 0 Å². The van der Waals surface area contributed by atoms with Crippen LogP contribution in [0.2, 0.25) is 0 Å². The molecule has 0 bridgehead atoms. The summed E-state index contributed by atoms with van der Waals surface area (Å²) >= 11 is 0. The van der Waals surface area contributed by atoms with Crippen LogP contribution >= 0.6 is 0 Å². The highest BCUT2D eigenvalue weighted by molar-refractivity contribution is 5.75. The van der Waals surface area contributed by atoms with Crippen molar-refractivity contribution in [3.8, 4) is 0 Å². The van der Waals surface area contributed by atoms with Crippen LogP contribution in [0.1, 0.15) is 44.9 Å². The van der Waals surface area contributed by atoms with Gasteiger partial charge in [-0.25, -0.2) is 4.79 Å². The molecule has 6 heteroatoms. The summed E-state index contributed by atoms with van der Waals surface area (Å²) in [5.74, 6) is -1.10. The number of carboxylic acids is 1. The van der Waals surface area contributed by atoms with Crippen LogP contribution in [0, 0.1) is 5.92 Å². The van der Waals surface area contributed by atoms with Crippen molar-refractivity contribution in [1.29, 1.82) is 0 Å². The first-order chi connectivity index (χ1) is 9.04. The van der Waals surface area contributed by atoms with E-state index in [1.165, 1.54) is 0 Å². The minimum absolute atomic E-state index is 0.0321. The Kier molecular flexibility index (Phi) is 4.63. The molecule has 0 aromatic carbocycles. The van der Waals surface area contributed by atoms with Gasteiger partial charge in [-0.1, -0.05) is 0 Å². The maximum atomic E-state index is 11.8. The van der Waals surface area contributed by atoms with Gasteiger partial charge in [-0.15, -0.1) is 0 Å². The molecule has 0 aliphatic heterocycles. The first-order valence-corrected chi connectivity index (χ1v) is 7.02. The molecule has 0 spiro atoms. The monoisotopic (exact) mass is 270 g/mol. The van der Waals surface area contributed by atoms with Crippen molar-refractivity contribution in [1.82, 2.24) is 10.6 Å². The molecule has 2 saturated carbocycles. The van der Waals surface area contributed by atoms with Gasteiger partial charge in [0.2, 0.25) is 0 Å². The van der Waals surface area contributed by atoms with Crippen molar-refractivity contribution >= 4 is 12.0 Å². The molecule has 4 N–H and O–H groups in total. The predicted molar refractivity (Wildman–Crippen MR) is 68.7 cm³/mol. The van der Waals surface area contributed by atoms with Crippen molar-refractivity contribution in [3.05, 3.63) is 0 Å². The van der Waals surface area contributed by atoms with Gasteiger partial charge in [-0.2, -0.15) is 0 Å². The number of nitrogens with one attached hydrogen (secondary N) is 2. The summed E-state index contributed by atoms with van der Waals surface area (Å²) in [5.41, 5.74) is 0. The Hall–Kier alpha value is -1.30. The highest BCUT2D eigenvalue weighted by atomic mass is 16.4. The maximum Gasteiger partial charge on any atom is 0.315 e. The third-order valence-electron chi connectivity index (χ3n) is 4.15. The quantitative estimate of drug-likeness (QED) is 0.611. The van der Waals surface area contributed by atoms with Crippen molar-refractivity contribution in [2.45, 2.75) is 63.1 Å². The number of aliphatic carboxylic acids is 1. The smallest absolute Gasteiger partial charge is 0.315 e. The van der Waals surface area contributed by atoms with E-state index < -0.39 is 5.97 Å². The minimum atomic E-state index is -0.772. The maximum absolute atomic E-state index is 11.8. The number of rotatable bonds is 3. The van der Waals surface area contributed by atoms with E-state index in [1.54, 1.807) is 0 Å². The van der Waals surface area contributed by atoms with Crippen LogP contribution in [0.25, 0.3) is 0 Å². The lowest BCUT2D eigenvalue weighted by molar-refractivity contribution is -0.141. The lowest BCUT2D eigenvalue weighted by Gasteiger charge is -2.26. The van der Waals surface area contributed by atoms with Crippen LogP contribution in [0.15, 0.2) is 0 Å². The SMILES string of the molecule is O=C(NC1CCC(O)CC1)N[C@H]1CC[C@@H](C(=O)O)C1. The Bertz CT molecular complexity index is 340. The van der Waals surface area contributed by atoms with Gasteiger partial charge in [0, 0.05) is 12.1 Å². The Morgan fingerprint density at radius 3 is 2.05 bits per heavy atom. The second-order valence-electron chi connectivity index (χ2n) is 5.67. The molecule has 2 aliphatic carbocycles. The summed E-state index contributed by atoms with van der Waals surface area (Å²) in [6.07, 6.45) is 4.72. The van der Waals surface area contributed by atoms with Gasteiger partial charge in [-0.3, -0.25) is 4.79 Å². The van der Waals surface area contributed by atoms with Crippen LogP contribution in [-0.4, -0.2) is 40.4 Å². The van der Waals surface area contributed by atoms with Gasteiger partial charge in [-0.05, 0) is 44.9 Å². The number of carboxylic acid groups (broad SMARTS) is 1. The zero-order chi connectivity index (χ0) is 13.8. The van der Waals surface area contributed by atoms with E-state index in [2.05, 4.69) is 10.6 Å². The molecule has 2 fully saturated rings. The van der Waals surface area contributed by atoms with E-state index in [0.717, 1.165) is 32.1 Å². The van der Waals surface area contributed by atoms with Crippen LogP contribution in [0.5, 0.6) is 0 Å². The van der Waals surface area contributed by atoms with Crippen molar-refractivity contribution in [3.63, 3.8) is 0 Å². The van der Waals surface area contributed by atoms with Gasteiger partial charge in [0.1, 0.15) is 0 Å². The lowest BCUT2D eigenvalue weighted by atomic mass is 9.93. The summed E-state index contributed by atoms with van der Waals surface area (Å²) in [4.78, 5) is 22.6. The molecule has 2 aliphatic rings. The molecular weight excluding hydrogens is 248 g/mol. The number of aliphatic hydroxyl groups excluding tert-OH is 1. The fraction of sp³-hybridized carbons (Fsp3) is 0.846. The third-order valence-corrected chi connectivity index (χ3v) is 4.15. The normalized spacial score (nSPS) is 34.8. The average Bonchev–Trinajstić information content (AvgIpc) is 2.80. The molecule has 0 radical (unpaired) electrons. The molecule has 0 saturated heterocycles. The summed E-state index contributed by atoms with van der Waals surface area (Å²) in [5, 5.41) is 24.0. The Balaban J connectivity index is 1.69. The first-order valence-electron chi connectivity index (χ1n) is 7.02. The summed E-state index contributed by atoms with van der Waals surface area (Å²) in [7, 11) is 0. The fourth-order valence-corrected chi connectivity index (χ4v) is 2.97. The Morgan fingerprint density at radius 2 is 1.47 bits per heavy atom. The van der Waals surface area contributed by atoms with Crippen LogP contribution < -0.4 is 10.6 Å². The van der Waals surface area contributed by atoms with Gasteiger partial charge < -0.3 is 20.8 Å². The van der Waals surface area contributed by atoms with Gasteiger partial charge in [0.15, 0.2) is 0 Å². The summed E-state index contributed by atoms with van der Waals surface area (Å²) in [6, 6.07) is -0.118. The highest BCUT2D eigenvalue weighted by Gasteiger charge is 2.31.